The smallest absolute Gasteiger partial charge is 0.130 e. The van der Waals surface area contributed by atoms with Crippen LogP contribution < -0.4 is 10.5 Å². The Morgan fingerprint density at radius 2 is 1.93 bits per heavy atom. The maximum absolute atomic E-state index is 8.57. The Morgan fingerprint density at radius 3 is 2.43 bits per heavy atom. The number of aryl methyl sites for hydroxylation is 1. The first-order valence-corrected chi connectivity index (χ1v) is 4.52. The Kier molecular flexibility index (Phi) is 3.49. The molecule has 0 aromatic heterocycles. The Balaban J connectivity index is 2.61. The van der Waals surface area contributed by atoms with Gasteiger partial charge in [-0.25, -0.2) is 0 Å². The van der Waals surface area contributed by atoms with Crippen molar-refractivity contribution in [2.75, 3.05) is 0 Å². The summed E-state index contributed by atoms with van der Waals surface area (Å²) in [7, 11) is 0. The zero-order valence-corrected chi connectivity index (χ0v) is 8.40. The van der Waals surface area contributed by atoms with Gasteiger partial charge in [0.05, 0.1) is 6.07 Å². The van der Waals surface area contributed by atoms with Crippen LogP contribution in [0, 0.1) is 18.3 Å². The van der Waals surface area contributed by atoms with Gasteiger partial charge in [-0.15, -0.1) is 0 Å². The van der Waals surface area contributed by atoms with Crippen molar-refractivity contribution in [1.82, 2.24) is 0 Å². The van der Waals surface area contributed by atoms with Gasteiger partial charge in [-0.2, -0.15) is 5.26 Å². The highest BCUT2D eigenvalue weighted by molar-refractivity contribution is 5.26. The zero-order chi connectivity index (χ0) is 10.6. The molecule has 2 unspecified atom stereocenters. The van der Waals surface area contributed by atoms with Crippen LogP contribution in [0.2, 0.25) is 0 Å². The molecule has 3 nitrogen and oxygen atoms in total. The molecule has 2 atom stereocenters. The second-order valence-corrected chi connectivity index (χ2v) is 3.29. The average Bonchev–Trinajstić information content (AvgIpc) is 2.20. The lowest BCUT2D eigenvalue weighted by atomic mass is 10.2. The average molecular weight is 190 g/mol. The topological polar surface area (TPSA) is 59.0 Å². The molecule has 0 amide bonds. The molecule has 0 aliphatic carbocycles. The van der Waals surface area contributed by atoms with Gasteiger partial charge in [0.15, 0.2) is 0 Å². The highest BCUT2D eigenvalue weighted by atomic mass is 16.5. The molecule has 0 spiro atoms. The van der Waals surface area contributed by atoms with E-state index in [2.05, 4.69) is 0 Å². The molecule has 1 rings (SSSR count). The van der Waals surface area contributed by atoms with Crippen molar-refractivity contribution in [2.45, 2.75) is 26.0 Å². The molecule has 14 heavy (non-hydrogen) atoms. The summed E-state index contributed by atoms with van der Waals surface area (Å²) < 4.78 is 5.47. The molecule has 0 aliphatic heterocycles. The third-order valence-corrected chi connectivity index (χ3v) is 2.00. The van der Waals surface area contributed by atoms with Gasteiger partial charge in [-0.05, 0) is 26.0 Å². The van der Waals surface area contributed by atoms with Crippen LogP contribution in [0.3, 0.4) is 0 Å². The summed E-state index contributed by atoms with van der Waals surface area (Å²) >= 11 is 0. The predicted molar refractivity (Wildman–Crippen MR) is 54.9 cm³/mol. The summed E-state index contributed by atoms with van der Waals surface area (Å²) in [6.07, 6.45) is -0.289. The zero-order valence-electron chi connectivity index (χ0n) is 8.40. The van der Waals surface area contributed by atoms with Crippen molar-refractivity contribution in [3.8, 4) is 11.8 Å². The first-order valence-electron chi connectivity index (χ1n) is 4.52. The molecule has 1 aromatic carbocycles. The molecule has 2 N–H and O–H groups in total. The standard InChI is InChI=1S/C11H14N2O/c1-8-3-5-10(6-4-8)14-9(2)11(13)7-12/h3-6,9,11H,13H2,1-2H3. The predicted octanol–water partition coefficient (Wildman–Crippen LogP) is 1.61. The van der Waals surface area contributed by atoms with Crippen molar-refractivity contribution < 1.29 is 4.74 Å². The van der Waals surface area contributed by atoms with E-state index in [0.29, 0.717) is 0 Å². The van der Waals surface area contributed by atoms with Gasteiger partial charge in [0.2, 0.25) is 0 Å². The molecule has 0 fully saturated rings. The largest absolute Gasteiger partial charge is 0.488 e. The van der Waals surface area contributed by atoms with E-state index in [1.165, 1.54) is 5.56 Å². The monoisotopic (exact) mass is 190 g/mol. The Bertz CT molecular complexity index is 326. The fourth-order valence-electron chi connectivity index (χ4n) is 1.01. The number of nitriles is 1. The van der Waals surface area contributed by atoms with Crippen molar-refractivity contribution in [3.05, 3.63) is 29.8 Å². The highest BCUT2D eigenvalue weighted by Gasteiger charge is 2.12. The van der Waals surface area contributed by atoms with Crippen LogP contribution in [0.25, 0.3) is 0 Å². The Hall–Kier alpha value is -1.53. The van der Waals surface area contributed by atoms with E-state index < -0.39 is 6.04 Å². The number of ether oxygens (including phenoxy) is 1. The summed E-state index contributed by atoms with van der Waals surface area (Å²) in [6.45, 7) is 3.79. The van der Waals surface area contributed by atoms with Crippen LogP contribution in [0.1, 0.15) is 12.5 Å². The molecule has 0 heterocycles. The van der Waals surface area contributed by atoms with Crippen molar-refractivity contribution in [2.24, 2.45) is 5.73 Å². The van der Waals surface area contributed by atoms with Crippen LogP contribution in [0.15, 0.2) is 24.3 Å². The molecule has 0 bridgehead atoms. The maximum atomic E-state index is 8.57. The second-order valence-electron chi connectivity index (χ2n) is 3.29. The first kappa shape index (κ1) is 10.6. The van der Waals surface area contributed by atoms with Crippen LogP contribution in [0.4, 0.5) is 0 Å². The quantitative estimate of drug-likeness (QED) is 0.787. The van der Waals surface area contributed by atoms with Crippen LogP contribution >= 0.6 is 0 Å². The minimum Gasteiger partial charge on any atom is -0.488 e. The summed E-state index contributed by atoms with van der Waals surface area (Å²) in [6, 6.07) is 9.02. The lowest BCUT2D eigenvalue weighted by Crippen LogP contribution is -2.35. The van der Waals surface area contributed by atoms with Crippen LogP contribution in [0.5, 0.6) is 5.75 Å². The summed E-state index contributed by atoms with van der Waals surface area (Å²) in [5, 5.41) is 8.57. The van der Waals surface area contributed by atoms with Gasteiger partial charge < -0.3 is 10.5 Å². The van der Waals surface area contributed by atoms with E-state index in [1.807, 2.05) is 37.3 Å². The maximum Gasteiger partial charge on any atom is 0.130 e. The Morgan fingerprint density at radius 1 is 1.36 bits per heavy atom. The molecule has 0 aliphatic rings. The highest BCUT2D eigenvalue weighted by Crippen LogP contribution is 2.13. The van der Waals surface area contributed by atoms with Gasteiger partial charge in [-0.1, -0.05) is 17.7 Å². The fraction of sp³-hybridized carbons (Fsp3) is 0.364. The fourth-order valence-corrected chi connectivity index (χ4v) is 1.01. The van der Waals surface area contributed by atoms with Gasteiger partial charge >= 0.3 is 0 Å². The second kappa shape index (κ2) is 4.64. The first-order chi connectivity index (χ1) is 6.63. The summed E-state index contributed by atoms with van der Waals surface area (Å²) in [5.41, 5.74) is 6.68. The number of nitrogens with zero attached hydrogens (tertiary/aromatic N) is 1. The molecule has 74 valence electrons. The van der Waals surface area contributed by atoms with Gasteiger partial charge in [0.25, 0.3) is 0 Å². The van der Waals surface area contributed by atoms with E-state index >= 15 is 0 Å². The molecule has 0 saturated heterocycles. The van der Waals surface area contributed by atoms with E-state index in [1.54, 1.807) is 6.92 Å². The SMILES string of the molecule is Cc1ccc(OC(C)C(N)C#N)cc1. The van der Waals surface area contributed by atoms with Crippen LogP contribution in [-0.4, -0.2) is 12.1 Å². The third-order valence-electron chi connectivity index (χ3n) is 2.00. The third kappa shape index (κ3) is 2.75. The van der Waals surface area contributed by atoms with Crippen molar-refractivity contribution in [1.29, 1.82) is 5.26 Å². The van der Waals surface area contributed by atoms with E-state index in [9.17, 15) is 0 Å². The van der Waals surface area contributed by atoms with Crippen LogP contribution in [-0.2, 0) is 0 Å². The van der Waals surface area contributed by atoms with Gasteiger partial charge in [0.1, 0.15) is 17.9 Å². The summed E-state index contributed by atoms with van der Waals surface area (Å²) in [5.74, 6) is 0.744. The van der Waals surface area contributed by atoms with Crippen molar-refractivity contribution >= 4 is 0 Å². The van der Waals surface area contributed by atoms with Gasteiger partial charge in [-0.3, -0.25) is 0 Å². The van der Waals surface area contributed by atoms with Gasteiger partial charge in [0, 0.05) is 0 Å². The lowest BCUT2D eigenvalue weighted by molar-refractivity contribution is 0.209. The summed E-state index contributed by atoms with van der Waals surface area (Å²) in [4.78, 5) is 0. The minimum atomic E-state index is -0.587. The van der Waals surface area contributed by atoms with E-state index in [4.69, 9.17) is 15.7 Å². The number of benzene rings is 1. The normalized spacial score (nSPS) is 14.1. The number of hydrogen-bond donors (Lipinski definition) is 1. The molecule has 1 aromatic rings. The molecule has 3 heteroatoms. The number of hydrogen-bond acceptors (Lipinski definition) is 3. The number of rotatable bonds is 3. The Labute approximate surface area is 84.1 Å². The van der Waals surface area contributed by atoms with Crippen molar-refractivity contribution in [3.63, 3.8) is 0 Å². The van der Waals surface area contributed by atoms with E-state index in [-0.39, 0.29) is 6.10 Å². The number of nitrogens with two attached hydrogens (primary N) is 1. The lowest BCUT2D eigenvalue weighted by Gasteiger charge is -2.16. The minimum absolute atomic E-state index is 0.289. The molecule has 0 saturated carbocycles. The van der Waals surface area contributed by atoms with E-state index in [0.717, 1.165) is 5.75 Å². The molecular weight excluding hydrogens is 176 g/mol. The molecule has 0 radical (unpaired) electrons. The molecular formula is C11H14N2O.